The Morgan fingerprint density at radius 3 is 2.32 bits per heavy atom. The highest BCUT2D eigenvalue weighted by molar-refractivity contribution is 7.80. The van der Waals surface area contributed by atoms with Crippen LogP contribution in [0.3, 0.4) is 0 Å². The van der Waals surface area contributed by atoms with Crippen molar-refractivity contribution in [2.45, 2.75) is 6.92 Å². The van der Waals surface area contributed by atoms with E-state index in [0.717, 1.165) is 17.9 Å². The van der Waals surface area contributed by atoms with Gasteiger partial charge in [0.05, 0.1) is 0 Å². The first-order valence-corrected chi connectivity index (χ1v) is 6.88. The number of rotatable bonds is 3. The van der Waals surface area contributed by atoms with E-state index in [0.29, 0.717) is 10.1 Å². The van der Waals surface area contributed by atoms with Gasteiger partial charge in [-0.1, -0.05) is 29.8 Å². The van der Waals surface area contributed by atoms with Gasteiger partial charge in [0.25, 0.3) is 0 Å². The van der Waals surface area contributed by atoms with Crippen molar-refractivity contribution >= 4 is 40.3 Å². The second kappa shape index (κ2) is 6.55. The van der Waals surface area contributed by atoms with Gasteiger partial charge in [0.2, 0.25) is 0 Å². The Morgan fingerprint density at radius 2 is 1.74 bits per heavy atom. The van der Waals surface area contributed by atoms with Crippen LogP contribution in [-0.2, 0) is 0 Å². The van der Waals surface area contributed by atoms with Crippen molar-refractivity contribution in [3.63, 3.8) is 0 Å². The second-order valence-electron chi connectivity index (χ2n) is 4.02. The molecule has 0 radical (unpaired) electrons. The molecule has 0 aromatic heterocycles. The molecular formula is C15H15ClN2S. The lowest BCUT2D eigenvalue weighted by atomic mass is 10.3. The van der Waals surface area contributed by atoms with Gasteiger partial charge in [0, 0.05) is 22.9 Å². The summed E-state index contributed by atoms with van der Waals surface area (Å²) < 4.78 is 0. The largest absolute Gasteiger partial charge is 0.332 e. The third-order valence-corrected chi connectivity index (χ3v) is 3.30. The zero-order valence-electron chi connectivity index (χ0n) is 10.6. The van der Waals surface area contributed by atoms with Gasteiger partial charge in [-0.15, -0.1) is 0 Å². The molecule has 0 saturated heterocycles. The van der Waals surface area contributed by atoms with Gasteiger partial charge in [-0.3, -0.25) is 0 Å². The maximum absolute atomic E-state index is 5.86. The minimum atomic E-state index is 0.677. The molecule has 98 valence electrons. The van der Waals surface area contributed by atoms with E-state index in [-0.39, 0.29) is 0 Å². The van der Waals surface area contributed by atoms with Crippen LogP contribution in [0.2, 0.25) is 5.02 Å². The van der Waals surface area contributed by atoms with E-state index < -0.39 is 0 Å². The van der Waals surface area contributed by atoms with Crippen molar-refractivity contribution in [3.8, 4) is 0 Å². The van der Waals surface area contributed by atoms with Crippen LogP contribution in [0.25, 0.3) is 0 Å². The Labute approximate surface area is 124 Å². The van der Waals surface area contributed by atoms with Crippen molar-refractivity contribution in [1.82, 2.24) is 0 Å². The van der Waals surface area contributed by atoms with Crippen LogP contribution >= 0.6 is 23.8 Å². The van der Waals surface area contributed by atoms with Crippen molar-refractivity contribution < 1.29 is 0 Å². The fourth-order valence-electron chi connectivity index (χ4n) is 1.78. The second-order valence-corrected chi connectivity index (χ2v) is 4.84. The highest BCUT2D eigenvalue weighted by Crippen LogP contribution is 2.17. The first-order chi connectivity index (χ1) is 9.20. The molecule has 0 spiro atoms. The summed E-state index contributed by atoms with van der Waals surface area (Å²) in [5.41, 5.74) is 2.01. The number of halogens is 1. The summed E-state index contributed by atoms with van der Waals surface area (Å²) in [6, 6.07) is 17.6. The SMILES string of the molecule is CCN(C(=S)Nc1ccc(Cl)cc1)c1ccccc1. The van der Waals surface area contributed by atoms with E-state index in [1.54, 1.807) is 0 Å². The molecule has 0 aliphatic heterocycles. The van der Waals surface area contributed by atoms with E-state index in [1.807, 2.05) is 59.5 Å². The molecule has 19 heavy (non-hydrogen) atoms. The summed E-state index contributed by atoms with van der Waals surface area (Å²) in [7, 11) is 0. The Hall–Kier alpha value is -1.58. The van der Waals surface area contributed by atoms with Crippen LogP contribution in [-0.4, -0.2) is 11.7 Å². The van der Waals surface area contributed by atoms with E-state index in [1.165, 1.54) is 0 Å². The molecule has 0 bridgehead atoms. The fraction of sp³-hybridized carbons (Fsp3) is 0.133. The summed E-state index contributed by atoms with van der Waals surface area (Å²) in [6.45, 7) is 2.88. The summed E-state index contributed by atoms with van der Waals surface area (Å²) >= 11 is 11.3. The van der Waals surface area contributed by atoms with E-state index in [4.69, 9.17) is 23.8 Å². The number of nitrogens with one attached hydrogen (secondary N) is 1. The number of hydrogen-bond acceptors (Lipinski definition) is 1. The lowest BCUT2D eigenvalue weighted by Gasteiger charge is -2.24. The Kier molecular flexibility index (Phi) is 4.77. The van der Waals surface area contributed by atoms with Gasteiger partial charge in [0.1, 0.15) is 0 Å². The number of hydrogen-bond donors (Lipinski definition) is 1. The number of para-hydroxylation sites is 1. The number of nitrogens with zero attached hydrogens (tertiary/aromatic N) is 1. The molecule has 1 N–H and O–H groups in total. The van der Waals surface area contributed by atoms with E-state index in [9.17, 15) is 0 Å². The van der Waals surface area contributed by atoms with Crippen LogP contribution in [0, 0.1) is 0 Å². The molecule has 0 fully saturated rings. The normalized spacial score (nSPS) is 10.0. The third kappa shape index (κ3) is 3.69. The standard InChI is InChI=1S/C15H15ClN2S/c1-2-18(14-6-4-3-5-7-14)15(19)17-13-10-8-12(16)9-11-13/h3-11H,2H2,1H3,(H,17,19). The fourth-order valence-corrected chi connectivity index (χ4v) is 2.25. The number of benzene rings is 2. The first kappa shape index (κ1) is 13.8. The van der Waals surface area contributed by atoms with Crippen molar-refractivity contribution in [1.29, 1.82) is 0 Å². The quantitative estimate of drug-likeness (QED) is 0.834. The highest BCUT2D eigenvalue weighted by atomic mass is 35.5. The van der Waals surface area contributed by atoms with E-state index >= 15 is 0 Å². The topological polar surface area (TPSA) is 15.3 Å². The first-order valence-electron chi connectivity index (χ1n) is 6.10. The van der Waals surface area contributed by atoms with Crippen molar-refractivity contribution in [2.75, 3.05) is 16.8 Å². The van der Waals surface area contributed by atoms with Crippen LogP contribution < -0.4 is 10.2 Å². The zero-order valence-corrected chi connectivity index (χ0v) is 12.2. The molecule has 4 heteroatoms. The molecule has 2 aromatic rings. The smallest absolute Gasteiger partial charge is 0.177 e. The highest BCUT2D eigenvalue weighted by Gasteiger charge is 2.09. The average molecular weight is 291 g/mol. The molecule has 2 nitrogen and oxygen atoms in total. The minimum absolute atomic E-state index is 0.677. The van der Waals surface area contributed by atoms with Crippen LogP contribution in [0.1, 0.15) is 6.92 Å². The van der Waals surface area contributed by atoms with Gasteiger partial charge in [-0.2, -0.15) is 0 Å². The minimum Gasteiger partial charge on any atom is -0.332 e. The maximum atomic E-state index is 5.86. The van der Waals surface area contributed by atoms with Gasteiger partial charge < -0.3 is 10.2 Å². The third-order valence-electron chi connectivity index (χ3n) is 2.72. The molecule has 0 saturated carbocycles. The van der Waals surface area contributed by atoms with E-state index in [2.05, 4.69) is 12.2 Å². The molecule has 0 amide bonds. The molecule has 0 aliphatic carbocycles. The molecule has 0 atom stereocenters. The molecular weight excluding hydrogens is 276 g/mol. The molecule has 0 aliphatic rings. The van der Waals surface area contributed by atoms with Crippen LogP contribution in [0.4, 0.5) is 11.4 Å². The summed E-state index contributed by atoms with van der Waals surface area (Å²) in [6.07, 6.45) is 0. The summed E-state index contributed by atoms with van der Waals surface area (Å²) in [4.78, 5) is 2.05. The zero-order chi connectivity index (χ0) is 13.7. The lowest BCUT2D eigenvalue weighted by molar-refractivity contribution is 1.07. The van der Waals surface area contributed by atoms with Crippen molar-refractivity contribution in [2.24, 2.45) is 0 Å². The monoisotopic (exact) mass is 290 g/mol. The number of anilines is 2. The molecule has 2 aromatic carbocycles. The van der Waals surface area contributed by atoms with Gasteiger partial charge in [-0.25, -0.2) is 0 Å². The van der Waals surface area contributed by atoms with Gasteiger partial charge in [-0.05, 0) is 55.5 Å². The molecule has 0 heterocycles. The Bertz CT molecular complexity index is 540. The predicted octanol–water partition coefficient (Wildman–Crippen LogP) is 4.56. The van der Waals surface area contributed by atoms with Crippen LogP contribution in [0.15, 0.2) is 54.6 Å². The Morgan fingerprint density at radius 1 is 1.11 bits per heavy atom. The van der Waals surface area contributed by atoms with Gasteiger partial charge in [0.15, 0.2) is 5.11 Å². The number of thiocarbonyl (C=S) groups is 1. The molecule has 0 unspecified atom stereocenters. The summed E-state index contributed by atoms with van der Waals surface area (Å²) in [5.74, 6) is 0. The maximum Gasteiger partial charge on any atom is 0.177 e. The predicted molar refractivity (Wildman–Crippen MR) is 87.1 cm³/mol. The van der Waals surface area contributed by atoms with Crippen molar-refractivity contribution in [3.05, 3.63) is 59.6 Å². The Balaban J connectivity index is 2.11. The lowest BCUT2D eigenvalue weighted by Crippen LogP contribution is -2.34. The van der Waals surface area contributed by atoms with Crippen LogP contribution in [0.5, 0.6) is 0 Å². The molecule has 2 rings (SSSR count). The van der Waals surface area contributed by atoms with Gasteiger partial charge >= 0.3 is 0 Å². The summed E-state index contributed by atoms with van der Waals surface area (Å²) in [5, 5.41) is 4.61. The average Bonchev–Trinajstić information content (AvgIpc) is 2.43.